The van der Waals surface area contributed by atoms with Gasteiger partial charge in [0.2, 0.25) is 0 Å². The lowest BCUT2D eigenvalue weighted by molar-refractivity contribution is 0.207. The summed E-state index contributed by atoms with van der Waals surface area (Å²) < 4.78 is 0. The lowest BCUT2D eigenvalue weighted by Crippen LogP contribution is -2.42. The fraction of sp³-hybridized carbons (Fsp3) is 0.375. The van der Waals surface area contributed by atoms with Crippen molar-refractivity contribution in [3.8, 4) is 0 Å². The lowest BCUT2D eigenvalue weighted by atomic mass is 10.3. The van der Waals surface area contributed by atoms with Crippen molar-refractivity contribution in [3.05, 3.63) is 24.6 Å². The summed E-state index contributed by atoms with van der Waals surface area (Å²) in [5.41, 5.74) is 0.645. The fourth-order valence-electron chi connectivity index (χ4n) is 0.888. The molecule has 0 aliphatic carbocycles. The molecule has 0 aromatic carbocycles. The second-order valence-corrected chi connectivity index (χ2v) is 2.77. The number of amides is 2. The Hall–Kier alpha value is -1.25. The van der Waals surface area contributed by atoms with E-state index in [4.69, 9.17) is 0 Å². The van der Waals surface area contributed by atoms with E-state index in [2.05, 4.69) is 11.9 Å². The first-order valence-corrected chi connectivity index (χ1v) is 3.57. The van der Waals surface area contributed by atoms with E-state index < -0.39 is 0 Å². The van der Waals surface area contributed by atoms with E-state index in [0.29, 0.717) is 5.70 Å². The van der Waals surface area contributed by atoms with Gasteiger partial charge in [0.15, 0.2) is 0 Å². The molecule has 11 heavy (non-hydrogen) atoms. The Bertz CT molecular complexity index is 218. The number of hydrogen-bond acceptors (Lipinski definition) is 1. The Balaban J connectivity index is 2.76. The topological polar surface area (TPSA) is 32.3 Å². The summed E-state index contributed by atoms with van der Waals surface area (Å²) in [6.07, 6.45) is 3.52. The van der Waals surface area contributed by atoms with Crippen molar-refractivity contribution in [1.29, 1.82) is 0 Å². The number of carbonyl (C=O) groups is 1. The molecule has 0 saturated carbocycles. The van der Waals surface area contributed by atoms with Crippen LogP contribution < -0.4 is 5.32 Å². The number of urea groups is 1. The highest BCUT2D eigenvalue weighted by Gasteiger charge is 2.17. The summed E-state index contributed by atoms with van der Waals surface area (Å²) in [5.74, 6) is 0. The van der Waals surface area contributed by atoms with Gasteiger partial charge in [0.05, 0.1) is 0 Å². The summed E-state index contributed by atoms with van der Waals surface area (Å²) in [4.78, 5) is 12.8. The van der Waals surface area contributed by atoms with Crippen LogP contribution in [-0.2, 0) is 0 Å². The van der Waals surface area contributed by atoms with Gasteiger partial charge in [0.25, 0.3) is 0 Å². The van der Waals surface area contributed by atoms with Crippen LogP contribution in [0.4, 0.5) is 4.79 Å². The maximum absolute atomic E-state index is 11.1. The highest BCUT2D eigenvalue weighted by atomic mass is 16.2. The second kappa shape index (κ2) is 2.78. The average Bonchev–Trinajstić information content (AvgIpc) is 1.85. The summed E-state index contributed by atoms with van der Waals surface area (Å²) in [7, 11) is 0. The molecule has 0 fully saturated rings. The number of hydrogen-bond donors (Lipinski definition) is 1. The zero-order valence-electron chi connectivity index (χ0n) is 6.79. The SMILES string of the molecule is C=C1C=CN(C(C)C)C(=O)N1. The summed E-state index contributed by atoms with van der Waals surface area (Å²) in [5, 5.41) is 2.62. The molecule has 1 rings (SSSR count). The Morgan fingerprint density at radius 3 is 2.73 bits per heavy atom. The van der Waals surface area contributed by atoms with Crippen LogP contribution in [0.25, 0.3) is 0 Å². The first-order chi connectivity index (χ1) is 5.11. The van der Waals surface area contributed by atoms with Gasteiger partial charge in [-0.1, -0.05) is 6.58 Å². The van der Waals surface area contributed by atoms with Crippen LogP contribution in [0.5, 0.6) is 0 Å². The van der Waals surface area contributed by atoms with Gasteiger partial charge in [-0.2, -0.15) is 0 Å². The molecular weight excluding hydrogens is 140 g/mol. The van der Waals surface area contributed by atoms with Gasteiger partial charge in [0, 0.05) is 17.9 Å². The highest BCUT2D eigenvalue weighted by molar-refractivity contribution is 5.79. The van der Waals surface area contributed by atoms with E-state index >= 15 is 0 Å². The maximum atomic E-state index is 11.1. The molecule has 0 aromatic rings. The molecule has 0 atom stereocenters. The van der Waals surface area contributed by atoms with Crippen molar-refractivity contribution in [2.75, 3.05) is 0 Å². The molecule has 0 aromatic heterocycles. The van der Waals surface area contributed by atoms with Gasteiger partial charge in [-0.25, -0.2) is 4.79 Å². The Labute approximate surface area is 66.4 Å². The third-order valence-corrected chi connectivity index (χ3v) is 1.49. The first kappa shape index (κ1) is 7.85. The quantitative estimate of drug-likeness (QED) is 0.606. The molecule has 1 N–H and O–H groups in total. The fourth-order valence-corrected chi connectivity index (χ4v) is 0.888. The molecule has 0 spiro atoms. The van der Waals surface area contributed by atoms with Gasteiger partial charge < -0.3 is 5.32 Å². The highest BCUT2D eigenvalue weighted by Crippen LogP contribution is 2.06. The number of allylic oxidation sites excluding steroid dienone is 1. The predicted molar refractivity (Wildman–Crippen MR) is 43.8 cm³/mol. The Kier molecular flexibility index (Phi) is 1.98. The number of nitrogens with one attached hydrogen (secondary N) is 1. The van der Waals surface area contributed by atoms with Crippen molar-refractivity contribution in [2.45, 2.75) is 19.9 Å². The van der Waals surface area contributed by atoms with Crippen LogP contribution in [0, 0.1) is 0 Å². The molecule has 60 valence electrons. The van der Waals surface area contributed by atoms with Gasteiger partial charge in [-0.3, -0.25) is 4.90 Å². The van der Waals surface area contributed by atoms with Crippen LogP contribution in [0.1, 0.15) is 13.8 Å². The Morgan fingerprint density at radius 1 is 1.64 bits per heavy atom. The summed E-state index contributed by atoms with van der Waals surface area (Å²) in [6.45, 7) is 7.53. The molecule has 2 amide bonds. The van der Waals surface area contributed by atoms with Gasteiger partial charge >= 0.3 is 6.03 Å². The summed E-state index contributed by atoms with van der Waals surface area (Å²) in [6, 6.07) is 0.0897. The molecule has 1 aliphatic rings. The molecule has 3 nitrogen and oxygen atoms in total. The maximum Gasteiger partial charge on any atom is 0.326 e. The minimum atomic E-state index is -0.104. The molecule has 0 unspecified atom stereocenters. The summed E-state index contributed by atoms with van der Waals surface area (Å²) >= 11 is 0. The van der Waals surface area contributed by atoms with Crippen molar-refractivity contribution < 1.29 is 4.79 Å². The zero-order valence-corrected chi connectivity index (χ0v) is 6.79. The van der Waals surface area contributed by atoms with Gasteiger partial charge in [-0.05, 0) is 19.9 Å². The zero-order chi connectivity index (χ0) is 8.43. The molecule has 0 saturated heterocycles. The van der Waals surface area contributed by atoms with E-state index in [1.807, 2.05) is 13.8 Å². The van der Waals surface area contributed by atoms with Crippen LogP contribution in [0.15, 0.2) is 24.6 Å². The number of rotatable bonds is 1. The molecule has 3 heteroatoms. The second-order valence-electron chi connectivity index (χ2n) is 2.77. The number of nitrogens with zero attached hydrogens (tertiary/aromatic N) is 1. The third kappa shape index (κ3) is 1.61. The van der Waals surface area contributed by atoms with Crippen molar-refractivity contribution in [2.24, 2.45) is 0 Å². The van der Waals surface area contributed by atoms with Crippen LogP contribution >= 0.6 is 0 Å². The standard InChI is InChI=1S/C8H12N2O/c1-6(2)10-5-4-7(3)9-8(10)11/h4-6H,3H2,1-2H3,(H,9,11). The monoisotopic (exact) mass is 152 g/mol. The lowest BCUT2D eigenvalue weighted by Gasteiger charge is -2.26. The molecule has 0 bridgehead atoms. The minimum Gasteiger partial charge on any atom is -0.308 e. The van der Waals surface area contributed by atoms with Gasteiger partial charge in [-0.15, -0.1) is 0 Å². The predicted octanol–water partition coefficient (Wildman–Crippen LogP) is 1.45. The van der Waals surface area contributed by atoms with E-state index in [1.165, 1.54) is 0 Å². The Morgan fingerprint density at radius 2 is 2.27 bits per heavy atom. The van der Waals surface area contributed by atoms with Crippen LogP contribution in [0.2, 0.25) is 0 Å². The average molecular weight is 152 g/mol. The molecule has 1 heterocycles. The van der Waals surface area contributed by atoms with Gasteiger partial charge in [0.1, 0.15) is 0 Å². The van der Waals surface area contributed by atoms with E-state index in [9.17, 15) is 4.79 Å². The first-order valence-electron chi connectivity index (χ1n) is 3.57. The third-order valence-electron chi connectivity index (χ3n) is 1.49. The normalized spacial score (nSPS) is 17.5. The molecule has 0 radical (unpaired) electrons. The van der Waals surface area contributed by atoms with Crippen molar-refractivity contribution >= 4 is 6.03 Å². The van der Waals surface area contributed by atoms with E-state index in [1.54, 1.807) is 17.2 Å². The smallest absolute Gasteiger partial charge is 0.308 e. The minimum absolute atomic E-state index is 0.104. The van der Waals surface area contributed by atoms with Crippen molar-refractivity contribution in [3.63, 3.8) is 0 Å². The molecular formula is C8H12N2O. The number of carbonyl (C=O) groups excluding carboxylic acids is 1. The van der Waals surface area contributed by atoms with Crippen LogP contribution in [-0.4, -0.2) is 17.0 Å². The van der Waals surface area contributed by atoms with Crippen LogP contribution in [0.3, 0.4) is 0 Å². The van der Waals surface area contributed by atoms with E-state index in [-0.39, 0.29) is 12.1 Å². The van der Waals surface area contributed by atoms with E-state index in [0.717, 1.165) is 0 Å². The largest absolute Gasteiger partial charge is 0.326 e. The molecule has 1 aliphatic heterocycles. The van der Waals surface area contributed by atoms with Crippen molar-refractivity contribution in [1.82, 2.24) is 10.2 Å².